The maximum atomic E-state index is 13.6. The molecule has 2 saturated heterocycles. The van der Waals surface area contributed by atoms with E-state index >= 15 is 0 Å². The number of ether oxygens (including phenoxy) is 1. The monoisotopic (exact) mass is 404 g/mol. The molecular formula is C22H24N6O2. The van der Waals surface area contributed by atoms with Gasteiger partial charge in [-0.05, 0) is 56.2 Å². The van der Waals surface area contributed by atoms with Crippen LogP contribution in [-0.2, 0) is 0 Å². The predicted molar refractivity (Wildman–Crippen MR) is 109 cm³/mol. The largest absolute Gasteiger partial charge is 0.472 e. The van der Waals surface area contributed by atoms with Crippen LogP contribution in [0.2, 0.25) is 0 Å². The number of hydrogen-bond donors (Lipinski definition) is 0. The minimum Gasteiger partial charge on any atom is -0.472 e. The van der Waals surface area contributed by atoms with Crippen LogP contribution in [0.5, 0.6) is 5.88 Å². The molecule has 1 amide bonds. The Morgan fingerprint density at radius 1 is 1.07 bits per heavy atom. The Kier molecular flexibility index (Phi) is 4.69. The Balaban J connectivity index is 1.44. The highest BCUT2D eigenvalue weighted by Gasteiger charge is 2.45. The fourth-order valence-electron chi connectivity index (χ4n) is 4.53. The molecule has 0 N–H and O–H groups in total. The lowest BCUT2D eigenvalue weighted by atomic mass is 9.77. The molecule has 2 aliphatic heterocycles. The summed E-state index contributed by atoms with van der Waals surface area (Å²) in [4.78, 5) is 25.8. The number of pyridine rings is 2. The molecule has 3 fully saturated rings. The lowest BCUT2D eigenvalue weighted by molar-refractivity contribution is -0.0313. The van der Waals surface area contributed by atoms with Gasteiger partial charge in [0.25, 0.3) is 5.91 Å². The van der Waals surface area contributed by atoms with Crippen molar-refractivity contribution in [1.29, 1.82) is 0 Å². The zero-order valence-electron chi connectivity index (χ0n) is 17.1. The molecule has 3 atom stereocenters. The Labute approximate surface area is 174 Å². The molecule has 30 heavy (non-hydrogen) atoms. The predicted octanol–water partition coefficient (Wildman–Crippen LogP) is 2.75. The van der Waals surface area contributed by atoms with Gasteiger partial charge in [-0.3, -0.25) is 4.79 Å². The number of aromatic nitrogens is 5. The number of hydrogen-bond acceptors (Lipinski definition) is 6. The van der Waals surface area contributed by atoms with E-state index in [2.05, 4.69) is 20.2 Å². The maximum Gasteiger partial charge on any atom is 0.258 e. The number of piperidine rings is 2. The first-order valence-electron chi connectivity index (χ1n) is 10.3. The zero-order valence-corrected chi connectivity index (χ0v) is 17.1. The Morgan fingerprint density at radius 3 is 2.60 bits per heavy atom. The first-order chi connectivity index (χ1) is 14.6. The molecule has 0 spiro atoms. The van der Waals surface area contributed by atoms with Crippen LogP contribution >= 0.6 is 0 Å². The average molecular weight is 404 g/mol. The van der Waals surface area contributed by atoms with E-state index in [1.54, 1.807) is 24.8 Å². The van der Waals surface area contributed by atoms with E-state index in [1.807, 2.05) is 36.9 Å². The van der Waals surface area contributed by atoms with Crippen LogP contribution in [0.25, 0.3) is 5.82 Å². The van der Waals surface area contributed by atoms with Crippen molar-refractivity contribution in [3.05, 3.63) is 59.7 Å². The lowest BCUT2D eigenvalue weighted by Crippen LogP contribution is -2.59. The molecule has 2 bridgehead atoms. The minimum atomic E-state index is -0.0549. The van der Waals surface area contributed by atoms with Gasteiger partial charge in [-0.25, -0.2) is 9.97 Å². The standard InChI is InChI=1S/C22H24N6O2/c1-14-3-6-20(23-11-14)30-19-10-16-4-5-18(19)27(13-16)22(29)17-9-15(2)12-24-21(17)28-25-7-8-26-28/h3,6-9,11-12,16,18-19H,4-5,10,13H2,1-2H3/t16-,18-,19+/m0/s1. The highest BCUT2D eigenvalue weighted by Crippen LogP contribution is 2.38. The van der Waals surface area contributed by atoms with Crippen LogP contribution in [0.4, 0.5) is 0 Å². The average Bonchev–Trinajstić information content (AvgIpc) is 3.30. The van der Waals surface area contributed by atoms with E-state index < -0.39 is 0 Å². The third kappa shape index (κ3) is 3.42. The molecule has 3 aromatic rings. The SMILES string of the molecule is Cc1ccc(O[C@@H]2C[C@@H]3CC[C@@H]2N(C(=O)c2cc(C)cnc2-n2nccn2)C3)nc1. The van der Waals surface area contributed by atoms with Crippen LogP contribution in [0.15, 0.2) is 43.0 Å². The van der Waals surface area contributed by atoms with E-state index in [4.69, 9.17) is 4.74 Å². The molecule has 3 aromatic heterocycles. The summed E-state index contributed by atoms with van der Waals surface area (Å²) in [5.74, 6) is 1.45. The number of nitrogens with zero attached hydrogens (tertiary/aromatic N) is 6. The summed E-state index contributed by atoms with van der Waals surface area (Å²) < 4.78 is 6.24. The number of fused-ring (bicyclic) bond motifs is 3. The second kappa shape index (κ2) is 7.51. The summed E-state index contributed by atoms with van der Waals surface area (Å²) in [6.07, 6.45) is 9.64. The van der Waals surface area contributed by atoms with Gasteiger partial charge >= 0.3 is 0 Å². The topological polar surface area (TPSA) is 86.0 Å². The van der Waals surface area contributed by atoms with Gasteiger partial charge in [-0.2, -0.15) is 10.2 Å². The van der Waals surface area contributed by atoms with Crippen molar-refractivity contribution >= 4 is 5.91 Å². The third-order valence-corrected chi connectivity index (χ3v) is 5.98. The molecule has 1 aliphatic carbocycles. The van der Waals surface area contributed by atoms with Crippen LogP contribution < -0.4 is 4.74 Å². The molecule has 0 radical (unpaired) electrons. The highest BCUT2D eigenvalue weighted by atomic mass is 16.5. The molecule has 6 rings (SSSR count). The van der Waals surface area contributed by atoms with Crippen molar-refractivity contribution in [2.45, 2.75) is 45.3 Å². The minimum absolute atomic E-state index is 0.0181. The van der Waals surface area contributed by atoms with Gasteiger partial charge in [-0.1, -0.05) is 6.07 Å². The molecular weight excluding hydrogens is 380 g/mol. The Bertz CT molecular complexity index is 1050. The molecule has 5 heterocycles. The summed E-state index contributed by atoms with van der Waals surface area (Å²) >= 11 is 0. The van der Waals surface area contributed by atoms with Crippen molar-refractivity contribution in [2.75, 3.05) is 6.54 Å². The summed E-state index contributed by atoms with van der Waals surface area (Å²) in [6, 6.07) is 5.78. The summed E-state index contributed by atoms with van der Waals surface area (Å²) in [7, 11) is 0. The van der Waals surface area contributed by atoms with Gasteiger partial charge in [0.2, 0.25) is 5.88 Å². The van der Waals surface area contributed by atoms with Crippen LogP contribution in [0.3, 0.4) is 0 Å². The van der Waals surface area contributed by atoms with E-state index in [-0.39, 0.29) is 18.1 Å². The number of aryl methyl sites for hydroxylation is 2. The highest BCUT2D eigenvalue weighted by molar-refractivity contribution is 5.97. The van der Waals surface area contributed by atoms with Crippen molar-refractivity contribution in [1.82, 2.24) is 29.9 Å². The quantitative estimate of drug-likeness (QED) is 0.665. The second-order valence-corrected chi connectivity index (χ2v) is 8.24. The van der Waals surface area contributed by atoms with Gasteiger partial charge < -0.3 is 9.64 Å². The molecule has 1 saturated carbocycles. The van der Waals surface area contributed by atoms with E-state index in [9.17, 15) is 4.79 Å². The van der Waals surface area contributed by atoms with Crippen LogP contribution in [0.1, 0.15) is 40.7 Å². The van der Waals surface area contributed by atoms with Gasteiger partial charge in [0.05, 0.1) is 24.0 Å². The van der Waals surface area contributed by atoms with Gasteiger partial charge in [0.15, 0.2) is 5.82 Å². The van der Waals surface area contributed by atoms with E-state index in [0.29, 0.717) is 23.2 Å². The fraction of sp³-hybridized carbons (Fsp3) is 0.409. The molecule has 3 aliphatic rings. The van der Waals surface area contributed by atoms with Gasteiger partial charge in [0, 0.05) is 25.0 Å². The normalized spacial score (nSPS) is 22.9. The van der Waals surface area contributed by atoms with E-state index in [0.717, 1.165) is 36.9 Å². The second-order valence-electron chi connectivity index (χ2n) is 8.24. The summed E-state index contributed by atoms with van der Waals surface area (Å²) in [5, 5.41) is 8.34. The van der Waals surface area contributed by atoms with E-state index in [1.165, 1.54) is 4.80 Å². The fourth-order valence-corrected chi connectivity index (χ4v) is 4.53. The van der Waals surface area contributed by atoms with Gasteiger partial charge in [-0.15, -0.1) is 4.80 Å². The van der Waals surface area contributed by atoms with Crippen LogP contribution in [-0.4, -0.2) is 54.5 Å². The maximum absolute atomic E-state index is 13.6. The lowest BCUT2D eigenvalue weighted by Gasteiger charge is -2.49. The van der Waals surface area contributed by atoms with Crippen molar-refractivity contribution in [3.63, 3.8) is 0 Å². The number of amides is 1. The first kappa shape index (κ1) is 18.7. The van der Waals surface area contributed by atoms with Crippen molar-refractivity contribution in [3.8, 4) is 11.7 Å². The molecule has 8 nitrogen and oxygen atoms in total. The number of carbonyl (C=O) groups excluding carboxylic acids is 1. The summed E-state index contributed by atoms with van der Waals surface area (Å²) in [6.45, 7) is 4.67. The first-order valence-corrected chi connectivity index (χ1v) is 10.3. The Morgan fingerprint density at radius 2 is 1.87 bits per heavy atom. The third-order valence-electron chi connectivity index (χ3n) is 5.98. The molecule has 0 unspecified atom stereocenters. The molecule has 0 aromatic carbocycles. The van der Waals surface area contributed by atoms with Gasteiger partial charge in [0.1, 0.15) is 6.10 Å². The molecule has 8 heteroatoms. The van der Waals surface area contributed by atoms with Crippen molar-refractivity contribution < 1.29 is 9.53 Å². The number of rotatable bonds is 4. The smallest absolute Gasteiger partial charge is 0.258 e. The summed E-state index contributed by atoms with van der Waals surface area (Å²) in [5.41, 5.74) is 2.54. The Hall–Kier alpha value is -3.29. The zero-order chi connectivity index (χ0) is 20.7. The van der Waals surface area contributed by atoms with Crippen molar-refractivity contribution in [2.24, 2.45) is 5.92 Å². The molecule has 154 valence electrons. The van der Waals surface area contributed by atoms with Crippen LogP contribution in [0, 0.1) is 19.8 Å². The number of carbonyl (C=O) groups is 1.